The molecule has 0 bridgehead atoms. The molecule has 3 aromatic rings. The second-order valence-corrected chi connectivity index (χ2v) is 12.3. The maximum absolute atomic E-state index is 13.6. The molecular weight excluding hydrogens is 527 g/mol. The minimum Gasteiger partial charge on any atom is -0.487 e. The molecule has 0 amide bonds. The van der Waals surface area contributed by atoms with E-state index in [-0.39, 0.29) is 17.3 Å². The van der Waals surface area contributed by atoms with Crippen LogP contribution in [-0.2, 0) is 6.42 Å². The number of halogens is 2. The van der Waals surface area contributed by atoms with Crippen molar-refractivity contribution in [2.24, 2.45) is 5.92 Å². The van der Waals surface area contributed by atoms with Gasteiger partial charge in [-0.2, -0.15) is 0 Å². The lowest BCUT2D eigenvalue weighted by atomic mass is 9.84. The van der Waals surface area contributed by atoms with Crippen LogP contribution in [0.3, 0.4) is 0 Å². The summed E-state index contributed by atoms with van der Waals surface area (Å²) < 4.78 is 19.9. The van der Waals surface area contributed by atoms with E-state index in [1.165, 1.54) is 17.8 Å². The maximum Gasteiger partial charge on any atom is 0.158 e. The molecule has 0 radical (unpaired) electrons. The van der Waals surface area contributed by atoms with E-state index < -0.39 is 5.60 Å². The summed E-state index contributed by atoms with van der Waals surface area (Å²) in [5.74, 6) is 2.50. The van der Waals surface area contributed by atoms with Gasteiger partial charge in [-0.15, -0.1) is 0 Å². The van der Waals surface area contributed by atoms with E-state index in [2.05, 4.69) is 24.8 Å². The highest BCUT2D eigenvalue weighted by Gasteiger charge is 2.42. The van der Waals surface area contributed by atoms with Crippen molar-refractivity contribution in [2.45, 2.75) is 54.2 Å². The van der Waals surface area contributed by atoms with E-state index in [1.807, 2.05) is 19.9 Å². The molecule has 11 heteroatoms. The van der Waals surface area contributed by atoms with Crippen molar-refractivity contribution in [2.75, 3.05) is 41.7 Å². The van der Waals surface area contributed by atoms with Gasteiger partial charge < -0.3 is 25.4 Å². The van der Waals surface area contributed by atoms with Crippen LogP contribution in [0.15, 0.2) is 46.6 Å². The van der Waals surface area contributed by atoms with E-state index >= 15 is 0 Å². The number of piperidine rings is 1. The Morgan fingerprint density at radius 2 is 1.95 bits per heavy atom. The van der Waals surface area contributed by atoms with Crippen LogP contribution >= 0.6 is 23.4 Å². The largest absolute Gasteiger partial charge is 0.487 e. The Kier molecular flexibility index (Phi) is 6.32. The number of nitrogens with zero attached hydrogens (tertiary/aromatic N) is 5. The zero-order valence-electron chi connectivity index (χ0n) is 21.3. The van der Waals surface area contributed by atoms with Crippen molar-refractivity contribution in [3.8, 4) is 5.75 Å². The number of rotatable bonds is 5. The van der Waals surface area contributed by atoms with Crippen molar-refractivity contribution in [1.82, 2.24) is 15.0 Å². The smallest absolute Gasteiger partial charge is 0.158 e. The molecule has 38 heavy (non-hydrogen) atoms. The van der Waals surface area contributed by atoms with Gasteiger partial charge >= 0.3 is 0 Å². The van der Waals surface area contributed by atoms with Crippen molar-refractivity contribution >= 4 is 40.8 Å². The molecule has 1 spiro atoms. The van der Waals surface area contributed by atoms with Gasteiger partial charge in [-0.25, -0.2) is 19.3 Å². The van der Waals surface area contributed by atoms with Crippen LogP contribution in [0.5, 0.6) is 5.75 Å². The molecule has 0 aliphatic carbocycles. The van der Waals surface area contributed by atoms with Crippen molar-refractivity contribution in [3.63, 3.8) is 0 Å². The SMILES string of the molecule is CC(C)(O)C1CN(c2nccc(Sc3ncc(N4CCC5(CC4)Cc4cc(F)ccc4O5)nc3N)c2Cl)C1. The summed E-state index contributed by atoms with van der Waals surface area (Å²) in [4.78, 5) is 18.7. The summed E-state index contributed by atoms with van der Waals surface area (Å²) in [5.41, 5.74) is 6.25. The van der Waals surface area contributed by atoms with Gasteiger partial charge in [0, 0.05) is 68.0 Å². The van der Waals surface area contributed by atoms with Crippen LogP contribution in [0, 0.1) is 11.7 Å². The van der Waals surface area contributed by atoms with Gasteiger partial charge in [0.05, 0.1) is 16.8 Å². The van der Waals surface area contributed by atoms with Gasteiger partial charge in [0.1, 0.15) is 33.8 Å². The van der Waals surface area contributed by atoms with Gasteiger partial charge in [-0.1, -0.05) is 23.4 Å². The quantitative estimate of drug-likeness (QED) is 0.467. The summed E-state index contributed by atoms with van der Waals surface area (Å²) >= 11 is 8.08. The molecule has 3 N–H and O–H groups in total. The van der Waals surface area contributed by atoms with Crippen LogP contribution in [-0.4, -0.2) is 57.4 Å². The van der Waals surface area contributed by atoms with E-state index in [4.69, 9.17) is 22.1 Å². The topological polar surface area (TPSA) is 101 Å². The van der Waals surface area contributed by atoms with Crippen LogP contribution in [0.4, 0.5) is 21.8 Å². The van der Waals surface area contributed by atoms with Crippen molar-refractivity contribution < 1.29 is 14.2 Å². The molecule has 2 fully saturated rings. The molecular formula is C27H30ClFN6O2S. The number of hydrogen-bond donors (Lipinski definition) is 2. The van der Waals surface area contributed by atoms with Gasteiger partial charge in [-0.05, 0) is 38.1 Å². The maximum atomic E-state index is 13.6. The third-order valence-electron chi connectivity index (χ3n) is 7.83. The first-order valence-electron chi connectivity index (χ1n) is 12.7. The number of anilines is 3. The fourth-order valence-electron chi connectivity index (χ4n) is 5.36. The Morgan fingerprint density at radius 3 is 2.66 bits per heavy atom. The molecule has 8 nitrogen and oxygen atoms in total. The van der Waals surface area contributed by atoms with E-state index in [1.54, 1.807) is 24.5 Å². The molecule has 0 atom stereocenters. The second-order valence-electron chi connectivity index (χ2n) is 10.9. The average Bonchev–Trinajstić information content (AvgIpc) is 3.18. The van der Waals surface area contributed by atoms with Crippen molar-refractivity contribution in [1.29, 1.82) is 0 Å². The predicted molar refractivity (Wildman–Crippen MR) is 147 cm³/mol. The van der Waals surface area contributed by atoms with Gasteiger partial charge in [0.25, 0.3) is 0 Å². The molecule has 0 saturated carbocycles. The summed E-state index contributed by atoms with van der Waals surface area (Å²) in [6.45, 7) is 6.55. The zero-order valence-corrected chi connectivity index (χ0v) is 22.9. The first-order valence-corrected chi connectivity index (χ1v) is 13.9. The fourth-order valence-corrected chi connectivity index (χ4v) is 6.48. The molecule has 3 aliphatic heterocycles. The molecule has 2 saturated heterocycles. The summed E-state index contributed by atoms with van der Waals surface area (Å²) in [6, 6.07) is 6.59. The number of aromatic nitrogens is 3. The van der Waals surface area contributed by atoms with Crippen molar-refractivity contribution in [3.05, 3.63) is 53.1 Å². The number of fused-ring (bicyclic) bond motifs is 1. The van der Waals surface area contributed by atoms with Crippen LogP contribution < -0.4 is 20.3 Å². The first-order chi connectivity index (χ1) is 18.1. The normalized spacial score (nSPS) is 18.9. The molecule has 3 aliphatic rings. The lowest BCUT2D eigenvalue weighted by Gasteiger charge is -2.46. The molecule has 2 aromatic heterocycles. The summed E-state index contributed by atoms with van der Waals surface area (Å²) in [6.07, 6.45) is 5.81. The lowest BCUT2D eigenvalue weighted by molar-refractivity contribution is 0.00438. The Bertz CT molecular complexity index is 1370. The summed E-state index contributed by atoms with van der Waals surface area (Å²) in [7, 11) is 0. The molecule has 200 valence electrons. The molecule has 6 rings (SSSR count). The highest BCUT2D eigenvalue weighted by atomic mass is 35.5. The Morgan fingerprint density at radius 1 is 1.18 bits per heavy atom. The van der Waals surface area contributed by atoms with Gasteiger partial charge in [0.15, 0.2) is 5.82 Å². The number of pyridine rings is 1. The standard InChI is InChI=1S/C27H30ClFN6O2S/c1-26(2,36)17-14-35(15-17)24-22(28)20(5-8-31-24)38-25-23(30)33-21(13-32-25)34-9-6-27(7-10-34)12-16-11-18(29)3-4-19(16)37-27/h3-5,8,11,13,17,36H,6-7,9-10,12,14-15H2,1-2H3,(H2,30,33). The van der Waals surface area contributed by atoms with E-state index in [0.29, 0.717) is 34.8 Å². The highest BCUT2D eigenvalue weighted by Crippen LogP contribution is 2.43. The lowest BCUT2D eigenvalue weighted by Crippen LogP contribution is -2.56. The van der Waals surface area contributed by atoms with Crippen LogP contribution in [0.25, 0.3) is 0 Å². The Labute approximate surface area is 230 Å². The number of hydrogen-bond acceptors (Lipinski definition) is 9. The second kappa shape index (κ2) is 9.43. The van der Waals surface area contributed by atoms with Gasteiger partial charge in [-0.3, -0.25) is 0 Å². The molecule has 0 unspecified atom stereocenters. The van der Waals surface area contributed by atoms with Gasteiger partial charge in [0.2, 0.25) is 0 Å². The molecule has 1 aromatic carbocycles. The monoisotopic (exact) mass is 556 g/mol. The third-order valence-corrected chi connectivity index (χ3v) is 9.39. The van der Waals surface area contributed by atoms with E-state index in [0.717, 1.165) is 54.4 Å². The highest BCUT2D eigenvalue weighted by molar-refractivity contribution is 7.99. The number of ether oxygens (including phenoxy) is 1. The van der Waals surface area contributed by atoms with Crippen LogP contribution in [0.1, 0.15) is 32.3 Å². The predicted octanol–water partition coefficient (Wildman–Crippen LogP) is 4.58. The molecule has 5 heterocycles. The number of aliphatic hydroxyl groups is 1. The Hall–Kier alpha value is -2.82. The number of benzene rings is 1. The Balaban J connectivity index is 1.11. The van der Waals surface area contributed by atoms with E-state index in [9.17, 15) is 9.50 Å². The van der Waals surface area contributed by atoms with Crippen LogP contribution in [0.2, 0.25) is 5.02 Å². The minimum atomic E-state index is -0.732. The zero-order chi connectivity index (χ0) is 26.7. The minimum absolute atomic E-state index is 0.175. The number of nitrogen functional groups attached to an aromatic ring is 1. The average molecular weight is 557 g/mol. The third kappa shape index (κ3) is 4.74. The summed E-state index contributed by atoms with van der Waals surface area (Å²) in [5, 5.41) is 11.3. The fraction of sp³-hybridized carbons (Fsp3) is 0.444. The number of nitrogens with two attached hydrogens (primary N) is 1. The first kappa shape index (κ1) is 25.5.